The molecule has 1 aliphatic carbocycles. The number of para-hydroxylation sites is 1. The van der Waals surface area contributed by atoms with Crippen molar-refractivity contribution in [3.05, 3.63) is 35.9 Å². The Bertz CT molecular complexity index is 1940. The van der Waals surface area contributed by atoms with Gasteiger partial charge in [0, 0.05) is 32.5 Å². The highest BCUT2D eigenvalue weighted by Gasteiger charge is 2.62. The lowest BCUT2D eigenvalue weighted by molar-refractivity contribution is -0.141. The molecule has 5 atom stereocenters. The molecule has 19 heteroatoms. The molecular formula is C36H50F3N7O8S. The van der Waals surface area contributed by atoms with Crippen molar-refractivity contribution in [1.29, 1.82) is 0 Å². The Hall–Kier alpha value is -4.39. The van der Waals surface area contributed by atoms with Crippen LogP contribution < -0.4 is 20.1 Å². The molecule has 3 aliphatic rings. The molecule has 2 aromatic rings. The third-order valence-corrected chi connectivity index (χ3v) is 11.2. The van der Waals surface area contributed by atoms with Crippen LogP contribution >= 0.6 is 0 Å². The van der Waals surface area contributed by atoms with E-state index >= 15 is 0 Å². The Morgan fingerprint density at radius 3 is 2.45 bits per heavy atom. The van der Waals surface area contributed by atoms with Crippen molar-refractivity contribution >= 4 is 45.1 Å². The summed E-state index contributed by atoms with van der Waals surface area (Å²) in [5.41, 5.74) is -3.63. The van der Waals surface area contributed by atoms with Gasteiger partial charge in [-0.15, -0.1) is 0 Å². The average molecular weight is 798 g/mol. The predicted molar refractivity (Wildman–Crippen MR) is 195 cm³/mol. The van der Waals surface area contributed by atoms with Gasteiger partial charge in [-0.25, -0.2) is 9.52 Å². The summed E-state index contributed by atoms with van der Waals surface area (Å²) in [5, 5.41) is 5.40. The van der Waals surface area contributed by atoms with E-state index in [1.54, 1.807) is 40.7 Å². The number of halogens is 3. The maximum atomic E-state index is 14.4. The van der Waals surface area contributed by atoms with E-state index in [1.807, 2.05) is 10.8 Å². The van der Waals surface area contributed by atoms with E-state index in [0.29, 0.717) is 25.7 Å². The smallest absolute Gasteiger partial charge is 0.418 e. The molecule has 0 spiro atoms. The van der Waals surface area contributed by atoms with Crippen LogP contribution in [0.15, 0.2) is 30.4 Å². The molecular weight excluding hydrogens is 747 g/mol. The maximum Gasteiger partial charge on any atom is 0.418 e. The molecule has 1 aromatic heterocycles. The summed E-state index contributed by atoms with van der Waals surface area (Å²) in [6.07, 6.45) is -0.210. The molecule has 5 rings (SSSR count). The molecule has 55 heavy (non-hydrogen) atoms. The Morgan fingerprint density at radius 2 is 1.82 bits per heavy atom. The van der Waals surface area contributed by atoms with E-state index in [-0.39, 0.29) is 42.9 Å². The minimum absolute atomic E-state index is 0.0907. The number of alkyl halides is 3. The van der Waals surface area contributed by atoms with Crippen molar-refractivity contribution in [2.24, 2.45) is 5.92 Å². The van der Waals surface area contributed by atoms with Crippen LogP contribution in [0.25, 0.3) is 11.0 Å². The standard InChI is InChI=1S/C36H50F3N7O8S/c1-21(2)46-26-17-13-15-24(36(37,38)39)28(26)41-32(46)53-23-18-27-29(47)42-35(31(49)43-55(51,52)44(6)7)19-22(35)14-11-9-8-10-12-16-25(30(48)45(27)20-23)40-33(50)54-34(3,4)5/h11,13-15,17,21-23,25,27H,8-10,12,16,18-20H2,1-7H3,(H,40,50)(H,42,47)(H,43,49)/t22-,23-,25+,27+,35-/m1/s1. The number of aromatic nitrogens is 2. The summed E-state index contributed by atoms with van der Waals surface area (Å²) in [5.74, 6) is -2.92. The van der Waals surface area contributed by atoms with Gasteiger partial charge < -0.3 is 25.0 Å². The Kier molecular flexibility index (Phi) is 11.9. The fraction of sp³-hybridized carbons (Fsp3) is 0.639. The number of alkyl carbamates (subject to hydrolysis) is 1. The number of hydrogen-bond donors (Lipinski definition) is 3. The number of amides is 4. The quantitative estimate of drug-likeness (QED) is 0.346. The summed E-state index contributed by atoms with van der Waals surface area (Å²) >= 11 is 0. The lowest BCUT2D eigenvalue weighted by Crippen LogP contribution is -2.58. The van der Waals surface area contributed by atoms with Crippen molar-refractivity contribution in [3.8, 4) is 6.01 Å². The van der Waals surface area contributed by atoms with Crippen LogP contribution in [0.3, 0.4) is 0 Å². The molecule has 1 saturated heterocycles. The molecule has 15 nitrogen and oxygen atoms in total. The second-order valence-electron chi connectivity index (χ2n) is 15.8. The van der Waals surface area contributed by atoms with Crippen LogP contribution in [-0.4, -0.2) is 101 Å². The minimum Gasteiger partial charge on any atom is -0.459 e. The number of imidazole rings is 1. The van der Waals surface area contributed by atoms with Crippen LogP contribution in [0.4, 0.5) is 18.0 Å². The summed E-state index contributed by atoms with van der Waals surface area (Å²) < 4.78 is 83.4. The summed E-state index contributed by atoms with van der Waals surface area (Å²) in [7, 11) is -1.75. The van der Waals surface area contributed by atoms with E-state index in [9.17, 15) is 40.8 Å². The van der Waals surface area contributed by atoms with E-state index in [0.717, 1.165) is 10.4 Å². The van der Waals surface area contributed by atoms with Crippen LogP contribution in [0, 0.1) is 5.92 Å². The number of benzene rings is 1. The van der Waals surface area contributed by atoms with Crippen LogP contribution in [0.5, 0.6) is 6.01 Å². The number of ether oxygens (including phenoxy) is 2. The molecule has 0 unspecified atom stereocenters. The molecule has 304 valence electrons. The first-order valence-corrected chi connectivity index (χ1v) is 19.8. The highest BCUT2D eigenvalue weighted by Crippen LogP contribution is 2.46. The Morgan fingerprint density at radius 1 is 1.11 bits per heavy atom. The molecule has 1 aromatic carbocycles. The van der Waals surface area contributed by atoms with Gasteiger partial charge in [0.05, 0.1) is 17.6 Å². The zero-order chi connectivity index (χ0) is 40.7. The van der Waals surface area contributed by atoms with Gasteiger partial charge in [-0.2, -0.15) is 30.9 Å². The molecule has 2 aliphatic heterocycles. The van der Waals surface area contributed by atoms with Gasteiger partial charge >= 0.3 is 22.5 Å². The lowest BCUT2D eigenvalue weighted by atomic mass is 10.0. The van der Waals surface area contributed by atoms with Crippen molar-refractivity contribution in [2.75, 3.05) is 20.6 Å². The number of allylic oxidation sites excluding steroid dienone is 1. The fourth-order valence-electron chi connectivity index (χ4n) is 6.97. The van der Waals surface area contributed by atoms with E-state index in [2.05, 4.69) is 15.6 Å². The van der Waals surface area contributed by atoms with Crippen LogP contribution in [-0.2, 0) is 35.5 Å². The molecule has 3 heterocycles. The number of nitrogens with zero attached hydrogens (tertiary/aromatic N) is 4. The highest BCUT2D eigenvalue weighted by molar-refractivity contribution is 7.87. The lowest BCUT2D eigenvalue weighted by Gasteiger charge is -2.30. The van der Waals surface area contributed by atoms with Crippen molar-refractivity contribution in [2.45, 2.75) is 121 Å². The molecule has 0 radical (unpaired) electrons. The topological polar surface area (TPSA) is 181 Å². The van der Waals surface area contributed by atoms with Crippen molar-refractivity contribution in [1.82, 2.24) is 34.1 Å². The van der Waals surface area contributed by atoms with Gasteiger partial charge in [-0.05, 0) is 72.4 Å². The molecule has 2 fully saturated rings. The first kappa shape index (κ1) is 41.8. The molecule has 3 N–H and O–H groups in total. The van der Waals surface area contributed by atoms with Crippen molar-refractivity contribution in [3.63, 3.8) is 0 Å². The second kappa shape index (κ2) is 15.6. The van der Waals surface area contributed by atoms with Crippen LogP contribution in [0.2, 0.25) is 0 Å². The normalized spacial score (nSPS) is 25.5. The number of fused-ring (bicyclic) bond motifs is 3. The van der Waals surface area contributed by atoms with Gasteiger partial charge in [0.25, 0.3) is 11.9 Å². The Balaban J connectivity index is 1.52. The predicted octanol–water partition coefficient (Wildman–Crippen LogP) is 4.20. The minimum atomic E-state index is -4.70. The molecule has 4 amide bonds. The van der Waals surface area contributed by atoms with Gasteiger partial charge in [-0.1, -0.05) is 31.1 Å². The molecule has 1 saturated carbocycles. The van der Waals surface area contributed by atoms with E-state index in [4.69, 9.17) is 9.47 Å². The van der Waals surface area contributed by atoms with E-state index in [1.165, 1.54) is 35.7 Å². The van der Waals surface area contributed by atoms with Gasteiger partial charge in [0.1, 0.15) is 34.8 Å². The largest absolute Gasteiger partial charge is 0.459 e. The fourth-order valence-corrected chi connectivity index (χ4v) is 7.57. The third kappa shape index (κ3) is 9.36. The number of hydrogen-bond acceptors (Lipinski definition) is 9. The maximum absolute atomic E-state index is 14.4. The van der Waals surface area contributed by atoms with E-state index < -0.39 is 87.1 Å². The SMILES string of the molecule is CC(C)n1c(O[C@@H]2C[C@H]3C(=O)N[C@]4(C(=O)NS(=O)(=O)N(C)C)C[C@H]4C=CCCCCC[C@H](NC(=O)OC(C)(C)C)C(=O)N3C2)nc2c(C(F)(F)F)cccc21. The zero-order valence-electron chi connectivity index (χ0n) is 32.0. The zero-order valence-corrected chi connectivity index (χ0v) is 32.8. The van der Waals surface area contributed by atoms with Crippen LogP contribution in [0.1, 0.15) is 91.2 Å². The van der Waals surface area contributed by atoms with Crippen molar-refractivity contribution < 1.29 is 50.2 Å². The van der Waals surface area contributed by atoms with Gasteiger partial charge in [0.2, 0.25) is 11.8 Å². The second-order valence-corrected chi connectivity index (χ2v) is 17.7. The van der Waals surface area contributed by atoms with Gasteiger partial charge in [0.15, 0.2) is 0 Å². The third-order valence-electron chi connectivity index (χ3n) is 9.82. The summed E-state index contributed by atoms with van der Waals surface area (Å²) in [6.45, 7) is 8.28. The number of carbonyl (C=O) groups is 4. The molecule has 0 bridgehead atoms. The summed E-state index contributed by atoms with van der Waals surface area (Å²) in [4.78, 5) is 60.8. The highest BCUT2D eigenvalue weighted by atomic mass is 32.2. The summed E-state index contributed by atoms with van der Waals surface area (Å²) in [6, 6.07) is 0.714. The first-order valence-electron chi connectivity index (χ1n) is 18.3. The number of rotatable bonds is 7. The number of carbonyl (C=O) groups excluding carboxylic acids is 4. The number of nitrogens with one attached hydrogen (secondary N) is 3. The first-order chi connectivity index (χ1) is 25.5. The average Bonchev–Trinajstić information content (AvgIpc) is 3.38. The Labute approximate surface area is 318 Å². The monoisotopic (exact) mass is 797 g/mol. The van der Waals surface area contributed by atoms with Gasteiger partial charge in [-0.3, -0.25) is 19.0 Å².